The van der Waals surface area contributed by atoms with Crippen LogP contribution in [0.25, 0.3) is 5.65 Å². The molecule has 3 aromatic rings. The molecule has 2 heterocycles. The quantitative estimate of drug-likeness (QED) is 0.808. The van der Waals surface area contributed by atoms with Crippen LogP contribution in [0.1, 0.15) is 17.0 Å². The molecule has 0 aliphatic rings. The van der Waals surface area contributed by atoms with Crippen molar-refractivity contribution in [2.45, 2.75) is 25.7 Å². The third-order valence-corrected chi connectivity index (χ3v) is 5.03. The Morgan fingerprint density at radius 3 is 2.59 bits per heavy atom. The largest absolute Gasteiger partial charge is 0.302 e. The fraction of sp³-hybridized carbons (Fsp3) is 0.188. The number of hydrogen-bond acceptors (Lipinski definition) is 3. The number of rotatable bonds is 3. The first-order chi connectivity index (χ1) is 10.4. The summed E-state index contributed by atoms with van der Waals surface area (Å²) in [6.45, 7) is 5.75. The van der Waals surface area contributed by atoms with E-state index in [1.807, 2.05) is 31.2 Å². The van der Waals surface area contributed by atoms with Crippen molar-refractivity contribution >= 4 is 21.4 Å². The minimum atomic E-state index is -3.59. The molecule has 0 aliphatic heterocycles. The maximum Gasteiger partial charge on any atom is 0.261 e. The number of nitrogens with zero attached hydrogens (tertiary/aromatic N) is 2. The Bertz CT molecular complexity index is 959. The summed E-state index contributed by atoms with van der Waals surface area (Å²) < 4.78 is 29.4. The molecule has 0 fully saturated rings. The number of sulfonamides is 1. The molecule has 5 nitrogen and oxygen atoms in total. The summed E-state index contributed by atoms with van der Waals surface area (Å²) in [5.74, 6) is 0. The van der Waals surface area contributed by atoms with Crippen LogP contribution in [0, 0.1) is 20.8 Å². The molecule has 3 rings (SSSR count). The van der Waals surface area contributed by atoms with Crippen molar-refractivity contribution in [1.82, 2.24) is 9.38 Å². The lowest BCUT2D eigenvalue weighted by molar-refractivity contribution is 0.601. The fourth-order valence-corrected chi connectivity index (χ4v) is 3.48. The maximum atomic E-state index is 12.4. The van der Waals surface area contributed by atoms with Gasteiger partial charge in [0.2, 0.25) is 0 Å². The van der Waals surface area contributed by atoms with Crippen LogP contribution in [0.15, 0.2) is 47.5 Å². The molecule has 0 atom stereocenters. The van der Waals surface area contributed by atoms with Crippen LogP contribution < -0.4 is 4.72 Å². The first-order valence-electron chi connectivity index (χ1n) is 6.91. The van der Waals surface area contributed by atoms with Gasteiger partial charge in [0.15, 0.2) is 0 Å². The number of benzene rings is 1. The summed E-state index contributed by atoms with van der Waals surface area (Å²) in [5.41, 5.74) is 4.13. The standard InChI is InChI=1S/C16H17N3O2S/c1-11-5-4-6-15(9-11)22(20,21)18-14-7-8-16-17-12(2)13(3)19(16)10-14/h4-10,18H,1-3H3. The van der Waals surface area contributed by atoms with Crippen LogP contribution in [0.4, 0.5) is 5.69 Å². The molecular weight excluding hydrogens is 298 g/mol. The Balaban J connectivity index is 2.00. The molecule has 1 N–H and O–H groups in total. The molecule has 0 saturated heterocycles. The van der Waals surface area contributed by atoms with E-state index in [0.29, 0.717) is 5.69 Å². The molecule has 0 bridgehead atoms. The van der Waals surface area contributed by atoms with Crippen molar-refractivity contribution < 1.29 is 8.42 Å². The summed E-state index contributed by atoms with van der Waals surface area (Å²) in [4.78, 5) is 4.66. The van der Waals surface area contributed by atoms with E-state index in [2.05, 4.69) is 9.71 Å². The number of aromatic nitrogens is 2. The second-order valence-corrected chi connectivity index (χ2v) is 7.03. The van der Waals surface area contributed by atoms with Crippen molar-refractivity contribution in [2.24, 2.45) is 0 Å². The van der Waals surface area contributed by atoms with Gasteiger partial charge in [-0.25, -0.2) is 13.4 Å². The highest BCUT2D eigenvalue weighted by atomic mass is 32.2. The van der Waals surface area contributed by atoms with Gasteiger partial charge >= 0.3 is 0 Å². The number of hydrogen-bond donors (Lipinski definition) is 1. The molecule has 0 amide bonds. The van der Waals surface area contributed by atoms with Gasteiger partial charge in [-0.15, -0.1) is 0 Å². The lowest BCUT2D eigenvalue weighted by atomic mass is 10.2. The zero-order chi connectivity index (χ0) is 15.9. The number of fused-ring (bicyclic) bond motifs is 1. The van der Waals surface area contributed by atoms with Gasteiger partial charge in [-0.3, -0.25) is 4.72 Å². The minimum Gasteiger partial charge on any atom is -0.302 e. The summed E-state index contributed by atoms with van der Waals surface area (Å²) in [6, 6.07) is 10.3. The smallest absolute Gasteiger partial charge is 0.261 e. The second-order valence-electron chi connectivity index (χ2n) is 5.35. The number of pyridine rings is 1. The Labute approximate surface area is 129 Å². The topological polar surface area (TPSA) is 63.5 Å². The van der Waals surface area contributed by atoms with E-state index in [1.54, 1.807) is 36.5 Å². The molecule has 0 unspecified atom stereocenters. The molecule has 6 heteroatoms. The Hall–Kier alpha value is -2.34. The Kier molecular flexibility index (Phi) is 3.41. The number of nitrogens with one attached hydrogen (secondary N) is 1. The van der Waals surface area contributed by atoms with Crippen molar-refractivity contribution in [2.75, 3.05) is 4.72 Å². The maximum absolute atomic E-state index is 12.4. The minimum absolute atomic E-state index is 0.256. The zero-order valence-electron chi connectivity index (χ0n) is 12.7. The highest BCUT2D eigenvalue weighted by molar-refractivity contribution is 7.92. The average molecular weight is 315 g/mol. The van der Waals surface area contributed by atoms with E-state index < -0.39 is 10.0 Å². The molecule has 0 radical (unpaired) electrons. The van der Waals surface area contributed by atoms with Gasteiger partial charge in [0.05, 0.1) is 16.3 Å². The molecule has 114 valence electrons. The summed E-state index contributed by atoms with van der Waals surface area (Å²) in [5, 5.41) is 0. The van der Waals surface area contributed by atoms with Crippen LogP contribution in [0.3, 0.4) is 0 Å². The van der Waals surface area contributed by atoms with Gasteiger partial charge in [-0.2, -0.15) is 0 Å². The van der Waals surface area contributed by atoms with Gasteiger partial charge in [-0.1, -0.05) is 12.1 Å². The first-order valence-corrected chi connectivity index (χ1v) is 8.40. The number of anilines is 1. The van der Waals surface area contributed by atoms with Crippen molar-refractivity contribution in [3.63, 3.8) is 0 Å². The van der Waals surface area contributed by atoms with Crippen LogP contribution in [0.5, 0.6) is 0 Å². The van der Waals surface area contributed by atoms with Crippen LogP contribution in [0.2, 0.25) is 0 Å². The SMILES string of the molecule is Cc1cccc(S(=O)(=O)Nc2ccc3nc(C)c(C)n3c2)c1. The molecule has 2 aromatic heterocycles. The summed E-state index contributed by atoms with van der Waals surface area (Å²) in [7, 11) is -3.59. The molecule has 1 aromatic carbocycles. The summed E-state index contributed by atoms with van der Waals surface area (Å²) in [6.07, 6.45) is 1.75. The van der Waals surface area contributed by atoms with E-state index >= 15 is 0 Å². The van der Waals surface area contributed by atoms with E-state index in [4.69, 9.17) is 0 Å². The molecule has 22 heavy (non-hydrogen) atoms. The highest BCUT2D eigenvalue weighted by Gasteiger charge is 2.15. The molecule has 0 saturated carbocycles. The number of imidazole rings is 1. The van der Waals surface area contributed by atoms with Crippen molar-refractivity contribution in [3.8, 4) is 0 Å². The molecular formula is C16H17N3O2S. The average Bonchev–Trinajstić information content (AvgIpc) is 2.74. The van der Waals surface area contributed by atoms with Gasteiger partial charge in [0.1, 0.15) is 5.65 Å². The predicted molar refractivity (Wildman–Crippen MR) is 86.7 cm³/mol. The third-order valence-electron chi connectivity index (χ3n) is 3.65. The van der Waals surface area contributed by atoms with Crippen LogP contribution in [-0.4, -0.2) is 17.8 Å². The Morgan fingerprint density at radius 2 is 1.86 bits per heavy atom. The van der Waals surface area contributed by atoms with Crippen LogP contribution >= 0.6 is 0 Å². The van der Waals surface area contributed by atoms with Gasteiger partial charge < -0.3 is 4.40 Å². The molecule has 0 aliphatic carbocycles. The lowest BCUT2D eigenvalue weighted by Crippen LogP contribution is -2.13. The molecule has 0 spiro atoms. The lowest BCUT2D eigenvalue weighted by Gasteiger charge is -2.09. The fourth-order valence-electron chi connectivity index (χ4n) is 2.34. The third kappa shape index (κ3) is 2.57. The van der Waals surface area contributed by atoms with Crippen LogP contribution in [-0.2, 0) is 10.0 Å². The van der Waals surface area contributed by atoms with E-state index in [0.717, 1.165) is 22.6 Å². The van der Waals surface area contributed by atoms with Crippen molar-refractivity contribution in [1.29, 1.82) is 0 Å². The summed E-state index contributed by atoms with van der Waals surface area (Å²) >= 11 is 0. The normalized spacial score (nSPS) is 11.8. The number of aryl methyl sites for hydroxylation is 3. The predicted octanol–water partition coefficient (Wildman–Crippen LogP) is 3.06. The van der Waals surface area contributed by atoms with Gasteiger partial charge in [0, 0.05) is 11.9 Å². The van der Waals surface area contributed by atoms with Gasteiger partial charge in [-0.05, 0) is 50.6 Å². The zero-order valence-corrected chi connectivity index (χ0v) is 13.5. The van der Waals surface area contributed by atoms with E-state index in [9.17, 15) is 8.42 Å². The van der Waals surface area contributed by atoms with E-state index in [-0.39, 0.29) is 4.90 Å². The monoisotopic (exact) mass is 315 g/mol. The Morgan fingerprint density at radius 1 is 1.09 bits per heavy atom. The second kappa shape index (κ2) is 5.14. The highest BCUT2D eigenvalue weighted by Crippen LogP contribution is 2.19. The van der Waals surface area contributed by atoms with Gasteiger partial charge in [0.25, 0.3) is 10.0 Å². The van der Waals surface area contributed by atoms with E-state index in [1.165, 1.54) is 0 Å². The van der Waals surface area contributed by atoms with Crippen molar-refractivity contribution in [3.05, 3.63) is 59.5 Å². The first kappa shape index (κ1) is 14.6.